The number of benzene rings is 1. The molecule has 0 amide bonds. The highest BCUT2D eigenvalue weighted by Gasteiger charge is 2.21. The standard InChI is InChI=1S/C19H16N2O3/c1-19(2,3)24-18(22)14-7-4-8-15-17(14)23-16(21-15)10-9-13-6-5-11-20-12-13/h4-8,11-12H,1-3H3. The fraction of sp³-hybridized carbons (Fsp3) is 0.211. The Bertz CT molecular complexity index is 941. The van der Waals surface area contributed by atoms with Gasteiger partial charge in [-0.3, -0.25) is 4.98 Å². The molecule has 0 unspecified atom stereocenters. The van der Waals surface area contributed by atoms with Gasteiger partial charge in [-0.15, -0.1) is 0 Å². The summed E-state index contributed by atoms with van der Waals surface area (Å²) in [4.78, 5) is 20.6. The van der Waals surface area contributed by atoms with Gasteiger partial charge in [-0.25, -0.2) is 9.78 Å². The number of para-hydroxylation sites is 1. The molecule has 24 heavy (non-hydrogen) atoms. The van der Waals surface area contributed by atoms with Crippen molar-refractivity contribution in [1.29, 1.82) is 0 Å². The smallest absolute Gasteiger partial charge is 0.342 e. The zero-order valence-electron chi connectivity index (χ0n) is 13.7. The van der Waals surface area contributed by atoms with Crippen LogP contribution in [0.1, 0.15) is 42.6 Å². The SMILES string of the molecule is CC(C)(C)OC(=O)c1cccc2nc(C#Cc3cccnc3)oc12. The Hall–Kier alpha value is -3.13. The Morgan fingerprint density at radius 1 is 1.17 bits per heavy atom. The van der Waals surface area contributed by atoms with Crippen molar-refractivity contribution in [3.63, 3.8) is 0 Å². The van der Waals surface area contributed by atoms with Crippen LogP contribution in [0.25, 0.3) is 11.1 Å². The molecule has 0 N–H and O–H groups in total. The van der Waals surface area contributed by atoms with Crippen LogP contribution in [0.15, 0.2) is 47.1 Å². The lowest BCUT2D eigenvalue weighted by Crippen LogP contribution is -2.23. The maximum absolute atomic E-state index is 12.3. The summed E-state index contributed by atoms with van der Waals surface area (Å²) in [6.45, 7) is 5.45. The number of aromatic nitrogens is 2. The Kier molecular flexibility index (Phi) is 4.05. The molecule has 2 heterocycles. The van der Waals surface area contributed by atoms with Crippen molar-refractivity contribution < 1.29 is 13.9 Å². The number of oxazole rings is 1. The van der Waals surface area contributed by atoms with E-state index in [9.17, 15) is 4.79 Å². The predicted molar refractivity (Wildman–Crippen MR) is 89.4 cm³/mol. The highest BCUT2D eigenvalue weighted by molar-refractivity contribution is 6.01. The summed E-state index contributed by atoms with van der Waals surface area (Å²) >= 11 is 0. The van der Waals surface area contributed by atoms with Gasteiger partial charge in [0.05, 0.1) is 0 Å². The minimum atomic E-state index is -0.581. The fourth-order valence-corrected chi connectivity index (χ4v) is 2.06. The summed E-state index contributed by atoms with van der Waals surface area (Å²) in [6.07, 6.45) is 3.33. The number of ether oxygens (including phenoxy) is 1. The van der Waals surface area contributed by atoms with Gasteiger partial charge in [0, 0.05) is 18.0 Å². The third kappa shape index (κ3) is 3.61. The van der Waals surface area contributed by atoms with E-state index in [4.69, 9.17) is 9.15 Å². The summed E-state index contributed by atoms with van der Waals surface area (Å²) < 4.78 is 11.0. The van der Waals surface area contributed by atoms with Crippen molar-refractivity contribution >= 4 is 17.1 Å². The van der Waals surface area contributed by atoms with Gasteiger partial charge in [0.25, 0.3) is 5.89 Å². The minimum absolute atomic E-state index is 0.241. The molecular formula is C19H16N2O3. The van der Waals surface area contributed by atoms with Crippen LogP contribution >= 0.6 is 0 Å². The van der Waals surface area contributed by atoms with Crippen LogP contribution in [0.2, 0.25) is 0 Å². The van der Waals surface area contributed by atoms with E-state index in [0.29, 0.717) is 16.7 Å². The molecule has 0 aliphatic carbocycles. The highest BCUT2D eigenvalue weighted by atomic mass is 16.6. The topological polar surface area (TPSA) is 65.2 Å². The zero-order valence-corrected chi connectivity index (χ0v) is 13.7. The van der Waals surface area contributed by atoms with Gasteiger partial charge < -0.3 is 9.15 Å². The van der Waals surface area contributed by atoms with Gasteiger partial charge in [0.2, 0.25) is 0 Å². The van der Waals surface area contributed by atoms with E-state index in [-0.39, 0.29) is 5.89 Å². The number of carbonyl (C=O) groups excluding carboxylic acids is 1. The van der Waals surface area contributed by atoms with E-state index in [1.807, 2.05) is 26.8 Å². The first kappa shape index (κ1) is 15.8. The highest BCUT2D eigenvalue weighted by Crippen LogP contribution is 2.22. The number of nitrogens with zero attached hydrogens (tertiary/aromatic N) is 2. The molecule has 3 rings (SSSR count). The molecule has 3 aromatic rings. The van der Waals surface area contributed by atoms with E-state index in [2.05, 4.69) is 21.8 Å². The molecule has 0 aliphatic heterocycles. The van der Waals surface area contributed by atoms with Crippen molar-refractivity contribution in [2.24, 2.45) is 0 Å². The molecule has 1 aromatic carbocycles. The number of rotatable bonds is 1. The molecule has 0 fully saturated rings. The van der Waals surface area contributed by atoms with Crippen LogP contribution < -0.4 is 0 Å². The maximum atomic E-state index is 12.3. The zero-order chi connectivity index (χ0) is 17.2. The lowest BCUT2D eigenvalue weighted by molar-refractivity contribution is 0.00707. The monoisotopic (exact) mass is 320 g/mol. The van der Waals surface area contributed by atoms with Crippen molar-refractivity contribution in [1.82, 2.24) is 9.97 Å². The first-order chi connectivity index (χ1) is 11.4. The average Bonchev–Trinajstić information content (AvgIpc) is 2.95. The lowest BCUT2D eigenvalue weighted by atomic mass is 10.1. The molecule has 120 valence electrons. The van der Waals surface area contributed by atoms with Gasteiger partial charge >= 0.3 is 5.97 Å². The van der Waals surface area contributed by atoms with Crippen molar-refractivity contribution in [3.8, 4) is 11.8 Å². The molecule has 0 saturated heterocycles. The predicted octanol–water partition coefficient (Wildman–Crippen LogP) is 3.58. The first-order valence-corrected chi connectivity index (χ1v) is 7.47. The van der Waals surface area contributed by atoms with Crippen LogP contribution in [-0.2, 0) is 4.74 Å². The molecule has 0 aliphatic rings. The van der Waals surface area contributed by atoms with Crippen LogP contribution in [-0.4, -0.2) is 21.5 Å². The van der Waals surface area contributed by atoms with Crippen LogP contribution in [0.4, 0.5) is 0 Å². The number of hydrogen-bond donors (Lipinski definition) is 0. The Labute approximate surface area is 139 Å². The van der Waals surface area contributed by atoms with E-state index in [1.165, 1.54) is 0 Å². The number of hydrogen-bond acceptors (Lipinski definition) is 5. The fourth-order valence-electron chi connectivity index (χ4n) is 2.06. The number of pyridine rings is 1. The van der Waals surface area contributed by atoms with Gasteiger partial charge in [-0.2, -0.15) is 0 Å². The van der Waals surface area contributed by atoms with E-state index >= 15 is 0 Å². The minimum Gasteiger partial charge on any atom is -0.456 e. The normalized spacial score (nSPS) is 11.0. The summed E-state index contributed by atoms with van der Waals surface area (Å²) in [6, 6.07) is 8.80. The molecule has 0 radical (unpaired) electrons. The molecule has 2 aromatic heterocycles. The summed E-state index contributed by atoms with van der Waals surface area (Å²) in [5.74, 6) is 5.56. The van der Waals surface area contributed by atoms with Crippen LogP contribution in [0.3, 0.4) is 0 Å². The van der Waals surface area contributed by atoms with Crippen LogP contribution in [0.5, 0.6) is 0 Å². The lowest BCUT2D eigenvalue weighted by Gasteiger charge is -2.19. The Morgan fingerprint density at radius 3 is 2.71 bits per heavy atom. The van der Waals surface area contributed by atoms with E-state index in [1.54, 1.807) is 36.7 Å². The number of esters is 1. The van der Waals surface area contributed by atoms with Crippen molar-refractivity contribution in [2.75, 3.05) is 0 Å². The van der Waals surface area contributed by atoms with E-state index in [0.717, 1.165) is 5.56 Å². The first-order valence-electron chi connectivity index (χ1n) is 7.47. The third-order valence-electron chi connectivity index (χ3n) is 3.01. The van der Waals surface area contributed by atoms with Gasteiger partial charge in [-0.1, -0.05) is 12.0 Å². The quantitative estimate of drug-likeness (QED) is 0.506. The second-order valence-corrected chi connectivity index (χ2v) is 6.17. The second kappa shape index (κ2) is 6.17. The number of carbonyl (C=O) groups is 1. The Balaban J connectivity index is 1.96. The molecule has 5 nitrogen and oxygen atoms in total. The Morgan fingerprint density at radius 2 is 2.00 bits per heavy atom. The van der Waals surface area contributed by atoms with E-state index < -0.39 is 11.6 Å². The van der Waals surface area contributed by atoms with Crippen molar-refractivity contribution in [2.45, 2.75) is 26.4 Å². The molecule has 0 atom stereocenters. The van der Waals surface area contributed by atoms with Gasteiger partial charge in [-0.05, 0) is 51.0 Å². The average molecular weight is 320 g/mol. The summed E-state index contributed by atoms with van der Waals surface area (Å²) in [5, 5.41) is 0. The molecule has 0 spiro atoms. The maximum Gasteiger partial charge on any atom is 0.342 e. The molecule has 5 heteroatoms. The summed E-state index contributed by atoms with van der Waals surface area (Å²) in [5.41, 5.74) is 1.45. The molecule has 0 saturated carbocycles. The largest absolute Gasteiger partial charge is 0.456 e. The molecule has 0 bridgehead atoms. The van der Waals surface area contributed by atoms with Crippen molar-refractivity contribution in [3.05, 3.63) is 59.7 Å². The number of fused-ring (bicyclic) bond motifs is 1. The van der Waals surface area contributed by atoms with Crippen LogP contribution in [0, 0.1) is 11.8 Å². The van der Waals surface area contributed by atoms with Gasteiger partial charge in [0.1, 0.15) is 16.7 Å². The summed E-state index contributed by atoms with van der Waals surface area (Å²) in [7, 11) is 0. The second-order valence-electron chi connectivity index (χ2n) is 6.17. The van der Waals surface area contributed by atoms with Gasteiger partial charge in [0.15, 0.2) is 5.58 Å². The molecular weight excluding hydrogens is 304 g/mol. The third-order valence-corrected chi connectivity index (χ3v) is 3.01.